The topological polar surface area (TPSA) is 78.1 Å². The van der Waals surface area contributed by atoms with Gasteiger partial charge in [0.15, 0.2) is 0 Å². The second kappa shape index (κ2) is 8.53. The number of benzene rings is 2. The summed E-state index contributed by atoms with van der Waals surface area (Å²) in [6.45, 7) is 3.54. The lowest BCUT2D eigenvalue weighted by atomic mass is 9.73. The SMILES string of the molecule is CCCNC(=O)C1(Cc2ccccc2)CN(C(=O)c2ccc(-c3ccn[nH]3)cc2)C1. The fourth-order valence-corrected chi connectivity index (χ4v) is 3.97. The summed E-state index contributed by atoms with van der Waals surface area (Å²) in [7, 11) is 0. The van der Waals surface area contributed by atoms with Gasteiger partial charge < -0.3 is 10.2 Å². The Morgan fingerprint density at radius 3 is 2.43 bits per heavy atom. The van der Waals surface area contributed by atoms with Crippen LogP contribution < -0.4 is 5.32 Å². The van der Waals surface area contributed by atoms with E-state index in [4.69, 9.17) is 0 Å². The molecule has 30 heavy (non-hydrogen) atoms. The molecule has 4 rings (SSSR count). The molecule has 2 aromatic carbocycles. The average Bonchev–Trinajstić information content (AvgIpc) is 3.29. The third-order valence-electron chi connectivity index (χ3n) is 5.62. The molecule has 0 saturated carbocycles. The molecule has 0 unspecified atom stereocenters. The molecule has 6 heteroatoms. The molecule has 0 atom stereocenters. The molecule has 2 amide bonds. The molecule has 3 aromatic rings. The van der Waals surface area contributed by atoms with Gasteiger partial charge in [-0.05, 0) is 42.2 Å². The molecule has 154 valence electrons. The number of H-pyrrole nitrogens is 1. The van der Waals surface area contributed by atoms with E-state index in [0.29, 0.717) is 31.6 Å². The Balaban J connectivity index is 1.47. The van der Waals surface area contributed by atoms with E-state index in [1.54, 1.807) is 11.1 Å². The van der Waals surface area contributed by atoms with Crippen LogP contribution in [0.15, 0.2) is 66.9 Å². The molecule has 1 aliphatic heterocycles. The highest BCUT2D eigenvalue weighted by Gasteiger charge is 2.50. The Bertz CT molecular complexity index is 991. The van der Waals surface area contributed by atoms with Gasteiger partial charge in [-0.15, -0.1) is 0 Å². The zero-order valence-corrected chi connectivity index (χ0v) is 17.1. The fourth-order valence-electron chi connectivity index (χ4n) is 3.97. The zero-order chi connectivity index (χ0) is 21.0. The normalized spacial score (nSPS) is 14.8. The summed E-state index contributed by atoms with van der Waals surface area (Å²) >= 11 is 0. The third-order valence-corrected chi connectivity index (χ3v) is 5.62. The summed E-state index contributed by atoms with van der Waals surface area (Å²) in [5, 5.41) is 9.91. The van der Waals surface area contributed by atoms with Crippen LogP contribution in [0.1, 0.15) is 29.3 Å². The fraction of sp³-hybridized carbons (Fsp3) is 0.292. The van der Waals surface area contributed by atoms with E-state index >= 15 is 0 Å². The molecule has 1 aliphatic rings. The van der Waals surface area contributed by atoms with Gasteiger partial charge in [0.05, 0.1) is 11.1 Å². The predicted octanol–water partition coefficient (Wildman–Crippen LogP) is 3.29. The maximum Gasteiger partial charge on any atom is 0.253 e. The van der Waals surface area contributed by atoms with E-state index in [1.165, 1.54) is 0 Å². The number of hydrogen-bond acceptors (Lipinski definition) is 3. The van der Waals surface area contributed by atoms with Crippen molar-refractivity contribution in [1.82, 2.24) is 20.4 Å². The van der Waals surface area contributed by atoms with Gasteiger partial charge in [-0.1, -0.05) is 49.4 Å². The van der Waals surface area contributed by atoms with Crippen LogP contribution in [0.2, 0.25) is 0 Å². The van der Waals surface area contributed by atoms with Crippen LogP contribution in [0.25, 0.3) is 11.3 Å². The van der Waals surface area contributed by atoms with Crippen molar-refractivity contribution in [2.24, 2.45) is 5.41 Å². The van der Waals surface area contributed by atoms with Crippen molar-refractivity contribution >= 4 is 11.8 Å². The molecule has 2 N–H and O–H groups in total. The van der Waals surface area contributed by atoms with Gasteiger partial charge in [0.1, 0.15) is 0 Å². The molecular weight excluding hydrogens is 376 g/mol. The van der Waals surface area contributed by atoms with Crippen molar-refractivity contribution in [3.05, 3.63) is 78.0 Å². The number of aromatic nitrogens is 2. The standard InChI is InChI=1S/C24H26N4O2/c1-2-13-25-23(30)24(15-18-6-4-3-5-7-18)16-28(17-24)22(29)20-10-8-19(9-11-20)21-12-14-26-27-21/h3-12,14H,2,13,15-17H2,1H3,(H,25,30)(H,26,27). The Hall–Kier alpha value is -3.41. The number of rotatable bonds is 7. The number of nitrogens with zero attached hydrogens (tertiary/aromatic N) is 2. The van der Waals surface area contributed by atoms with Crippen molar-refractivity contribution in [1.29, 1.82) is 0 Å². The molecule has 1 fully saturated rings. The molecule has 6 nitrogen and oxygen atoms in total. The molecule has 0 bridgehead atoms. The number of hydrogen-bond donors (Lipinski definition) is 2. The van der Waals surface area contributed by atoms with Crippen LogP contribution in [0.3, 0.4) is 0 Å². The lowest BCUT2D eigenvalue weighted by molar-refractivity contribution is -0.139. The van der Waals surface area contributed by atoms with Gasteiger partial charge >= 0.3 is 0 Å². The highest BCUT2D eigenvalue weighted by molar-refractivity contribution is 5.97. The summed E-state index contributed by atoms with van der Waals surface area (Å²) in [6.07, 6.45) is 3.22. The Morgan fingerprint density at radius 2 is 1.80 bits per heavy atom. The van der Waals surface area contributed by atoms with Gasteiger partial charge in [-0.3, -0.25) is 14.7 Å². The molecule has 0 aliphatic carbocycles. The molecule has 1 aromatic heterocycles. The van der Waals surface area contributed by atoms with Gasteiger partial charge in [0, 0.05) is 31.4 Å². The first-order valence-electron chi connectivity index (χ1n) is 10.3. The number of amides is 2. The minimum absolute atomic E-state index is 0.0341. The lowest BCUT2D eigenvalue weighted by Gasteiger charge is -2.49. The van der Waals surface area contributed by atoms with E-state index in [-0.39, 0.29) is 11.8 Å². The van der Waals surface area contributed by atoms with E-state index in [0.717, 1.165) is 23.2 Å². The van der Waals surface area contributed by atoms with Crippen molar-refractivity contribution in [2.45, 2.75) is 19.8 Å². The molecule has 0 spiro atoms. The summed E-state index contributed by atoms with van der Waals surface area (Å²) in [4.78, 5) is 27.7. The van der Waals surface area contributed by atoms with Gasteiger partial charge in [0.25, 0.3) is 5.91 Å². The van der Waals surface area contributed by atoms with Crippen molar-refractivity contribution < 1.29 is 9.59 Å². The summed E-state index contributed by atoms with van der Waals surface area (Å²) < 4.78 is 0. The smallest absolute Gasteiger partial charge is 0.253 e. The molecular formula is C24H26N4O2. The van der Waals surface area contributed by atoms with Crippen molar-refractivity contribution in [3.8, 4) is 11.3 Å². The van der Waals surface area contributed by atoms with Gasteiger partial charge in [-0.25, -0.2) is 0 Å². The zero-order valence-electron chi connectivity index (χ0n) is 17.1. The van der Waals surface area contributed by atoms with Crippen LogP contribution in [0.4, 0.5) is 0 Å². The van der Waals surface area contributed by atoms with E-state index < -0.39 is 5.41 Å². The van der Waals surface area contributed by atoms with Crippen LogP contribution in [0, 0.1) is 5.41 Å². The minimum Gasteiger partial charge on any atom is -0.356 e. The maximum absolute atomic E-state index is 13.0. The highest BCUT2D eigenvalue weighted by Crippen LogP contribution is 2.36. The van der Waals surface area contributed by atoms with E-state index in [2.05, 4.69) is 15.5 Å². The molecule has 1 saturated heterocycles. The largest absolute Gasteiger partial charge is 0.356 e. The highest BCUT2D eigenvalue weighted by atomic mass is 16.2. The van der Waals surface area contributed by atoms with Crippen LogP contribution in [-0.4, -0.2) is 46.5 Å². The average molecular weight is 402 g/mol. The first-order chi connectivity index (χ1) is 14.6. The number of nitrogens with one attached hydrogen (secondary N) is 2. The number of likely N-dealkylation sites (tertiary alicyclic amines) is 1. The number of carbonyl (C=O) groups is 2. The van der Waals surface area contributed by atoms with Crippen molar-refractivity contribution in [3.63, 3.8) is 0 Å². The van der Waals surface area contributed by atoms with Crippen molar-refractivity contribution in [2.75, 3.05) is 19.6 Å². The Kier molecular flexibility index (Phi) is 5.65. The first-order valence-corrected chi connectivity index (χ1v) is 10.3. The molecule has 0 radical (unpaired) electrons. The van der Waals surface area contributed by atoms with Gasteiger partial charge in [0.2, 0.25) is 5.91 Å². The van der Waals surface area contributed by atoms with Crippen LogP contribution >= 0.6 is 0 Å². The second-order valence-corrected chi connectivity index (χ2v) is 7.91. The third kappa shape index (κ3) is 3.99. The minimum atomic E-state index is -0.567. The summed E-state index contributed by atoms with van der Waals surface area (Å²) in [6, 6.07) is 19.4. The maximum atomic E-state index is 13.0. The number of carbonyl (C=O) groups excluding carboxylic acids is 2. The second-order valence-electron chi connectivity index (χ2n) is 7.91. The summed E-state index contributed by atoms with van der Waals surface area (Å²) in [5.74, 6) is -0.00927. The molecule has 2 heterocycles. The Labute approximate surface area is 176 Å². The Morgan fingerprint density at radius 1 is 1.07 bits per heavy atom. The number of aromatic amines is 1. The van der Waals surface area contributed by atoms with E-state index in [1.807, 2.05) is 67.6 Å². The monoisotopic (exact) mass is 402 g/mol. The van der Waals surface area contributed by atoms with Crippen LogP contribution in [-0.2, 0) is 11.2 Å². The predicted molar refractivity (Wildman–Crippen MR) is 116 cm³/mol. The first kappa shape index (κ1) is 19.9. The van der Waals surface area contributed by atoms with Gasteiger partial charge in [-0.2, -0.15) is 5.10 Å². The van der Waals surface area contributed by atoms with E-state index in [9.17, 15) is 9.59 Å². The van der Waals surface area contributed by atoms with Crippen LogP contribution in [0.5, 0.6) is 0 Å². The summed E-state index contributed by atoms with van der Waals surface area (Å²) in [5.41, 5.74) is 3.06. The quantitative estimate of drug-likeness (QED) is 0.637. The lowest BCUT2D eigenvalue weighted by Crippen LogP contribution is -2.65.